The molecule has 1 fully saturated rings. The van der Waals surface area contributed by atoms with E-state index in [4.69, 9.17) is 0 Å². The van der Waals surface area contributed by atoms with Crippen LogP contribution in [0.1, 0.15) is 25.7 Å². The molecule has 0 radical (unpaired) electrons. The molecule has 16 heavy (non-hydrogen) atoms. The maximum Gasteiger partial charge on any atom is 0.154 e. The normalized spacial score (nSPS) is 17.2. The summed E-state index contributed by atoms with van der Waals surface area (Å²) in [4.78, 5) is 0. The Balaban J connectivity index is 1.94. The van der Waals surface area contributed by atoms with Gasteiger partial charge in [0, 0.05) is 6.54 Å². The Hall–Kier alpha value is -1.58. The Morgan fingerprint density at radius 2 is 2.12 bits per heavy atom. The lowest BCUT2D eigenvalue weighted by atomic mass is 10.1. The van der Waals surface area contributed by atoms with Crippen molar-refractivity contribution in [3.8, 4) is 5.75 Å². The highest BCUT2D eigenvalue weighted by Gasteiger charge is 2.17. The van der Waals surface area contributed by atoms with Gasteiger partial charge in [0.05, 0.1) is 5.52 Å². The molecule has 4 nitrogen and oxygen atoms in total. The second-order valence-corrected chi connectivity index (χ2v) is 4.57. The van der Waals surface area contributed by atoms with Crippen molar-refractivity contribution < 1.29 is 5.11 Å². The van der Waals surface area contributed by atoms with Crippen molar-refractivity contribution in [1.82, 2.24) is 15.0 Å². The maximum absolute atomic E-state index is 9.63. The third-order valence-electron chi connectivity index (χ3n) is 3.43. The van der Waals surface area contributed by atoms with Gasteiger partial charge in [-0.15, -0.1) is 5.10 Å². The lowest BCUT2D eigenvalue weighted by molar-refractivity contribution is 0.430. The fourth-order valence-corrected chi connectivity index (χ4v) is 2.55. The van der Waals surface area contributed by atoms with Gasteiger partial charge in [-0.1, -0.05) is 24.1 Å². The maximum atomic E-state index is 9.63. The fraction of sp³-hybridized carbons (Fsp3) is 0.500. The zero-order valence-electron chi connectivity index (χ0n) is 9.13. The number of rotatable bonds is 2. The smallest absolute Gasteiger partial charge is 0.154 e. The fourth-order valence-electron chi connectivity index (χ4n) is 2.55. The van der Waals surface area contributed by atoms with Crippen LogP contribution in [-0.2, 0) is 6.54 Å². The largest absolute Gasteiger partial charge is 0.506 e. The lowest BCUT2D eigenvalue weighted by Crippen LogP contribution is -2.08. The van der Waals surface area contributed by atoms with Crippen LogP contribution < -0.4 is 0 Å². The molecule has 4 heteroatoms. The first-order valence-corrected chi connectivity index (χ1v) is 5.86. The number of nitrogens with zero attached hydrogens (tertiary/aromatic N) is 3. The van der Waals surface area contributed by atoms with Gasteiger partial charge in [0.2, 0.25) is 0 Å². The Kier molecular flexibility index (Phi) is 2.27. The number of phenols is 1. The van der Waals surface area contributed by atoms with Crippen LogP contribution in [0.5, 0.6) is 5.75 Å². The van der Waals surface area contributed by atoms with Crippen molar-refractivity contribution >= 4 is 11.0 Å². The molecular formula is C12H15N3O. The summed E-state index contributed by atoms with van der Waals surface area (Å²) in [6.07, 6.45) is 5.26. The van der Waals surface area contributed by atoms with Crippen molar-refractivity contribution in [2.24, 2.45) is 5.92 Å². The van der Waals surface area contributed by atoms with Gasteiger partial charge in [-0.25, -0.2) is 4.68 Å². The third kappa shape index (κ3) is 1.54. The molecule has 0 saturated heterocycles. The van der Waals surface area contributed by atoms with Gasteiger partial charge in [-0.05, 0) is 30.9 Å². The number of aromatic nitrogens is 3. The molecule has 0 bridgehead atoms. The topological polar surface area (TPSA) is 50.9 Å². The van der Waals surface area contributed by atoms with Crippen LogP contribution in [0.4, 0.5) is 0 Å². The number of hydrogen-bond acceptors (Lipinski definition) is 3. The molecule has 1 aliphatic carbocycles. The first kappa shape index (κ1) is 9.63. The minimum absolute atomic E-state index is 0.218. The van der Waals surface area contributed by atoms with Crippen molar-refractivity contribution in [2.45, 2.75) is 32.2 Å². The Labute approximate surface area is 93.9 Å². The molecule has 0 aliphatic heterocycles. The Bertz CT molecular complexity index is 500. The highest BCUT2D eigenvalue weighted by molar-refractivity contribution is 5.80. The predicted molar refractivity (Wildman–Crippen MR) is 61.2 cm³/mol. The van der Waals surface area contributed by atoms with E-state index in [0.29, 0.717) is 5.52 Å². The summed E-state index contributed by atoms with van der Waals surface area (Å²) < 4.78 is 1.92. The average Bonchev–Trinajstić information content (AvgIpc) is 2.90. The summed E-state index contributed by atoms with van der Waals surface area (Å²) in [5, 5.41) is 17.8. The van der Waals surface area contributed by atoms with Crippen molar-refractivity contribution in [3.05, 3.63) is 18.2 Å². The van der Waals surface area contributed by atoms with Crippen LogP contribution in [0, 0.1) is 5.92 Å². The molecule has 1 heterocycles. The zero-order chi connectivity index (χ0) is 11.0. The quantitative estimate of drug-likeness (QED) is 0.839. The van der Waals surface area contributed by atoms with Crippen molar-refractivity contribution in [3.63, 3.8) is 0 Å². The number of aromatic hydroxyl groups is 1. The van der Waals surface area contributed by atoms with Crippen LogP contribution in [-0.4, -0.2) is 20.1 Å². The zero-order valence-corrected chi connectivity index (χ0v) is 9.13. The van der Waals surface area contributed by atoms with Crippen LogP contribution in [0.25, 0.3) is 11.0 Å². The molecule has 0 amide bonds. The van der Waals surface area contributed by atoms with Crippen LogP contribution >= 0.6 is 0 Å². The van der Waals surface area contributed by atoms with Crippen LogP contribution in [0.3, 0.4) is 0 Å². The lowest BCUT2D eigenvalue weighted by Gasteiger charge is -2.08. The van der Waals surface area contributed by atoms with Crippen molar-refractivity contribution in [1.29, 1.82) is 0 Å². The summed E-state index contributed by atoms with van der Waals surface area (Å²) in [6.45, 7) is 0.931. The molecule has 84 valence electrons. The van der Waals surface area contributed by atoms with E-state index in [9.17, 15) is 5.11 Å². The summed E-state index contributed by atoms with van der Waals surface area (Å²) in [7, 11) is 0. The molecular weight excluding hydrogens is 202 g/mol. The highest BCUT2D eigenvalue weighted by Crippen LogP contribution is 2.28. The van der Waals surface area contributed by atoms with Crippen LogP contribution in [0.15, 0.2) is 18.2 Å². The van der Waals surface area contributed by atoms with Gasteiger partial charge < -0.3 is 5.11 Å². The van der Waals surface area contributed by atoms with Gasteiger partial charge in [-0.2, -0.15) is 0 Å². The van der Waals surface area contributed by atoms with Gasteiger partial charge in [-0.3, -0.25) is 0 Å². The summed E-state index contributed by atoms with van der Waals surface area (Å²) >= 11 is 0. The molecule has 3 rings (SSSR count). The number of fused-ring (bicyclic) bond motifs is 1. The third-order valence-corrected chi connectivity index (χ3v) is 3.43. The van der Waals surface area contributed by atoms with E-state index in [2.05, 4.69) is 10.3 Å². The highest BCUT2D eigenvalue weighted by atomic mass is 16.3. The minimum Gasteiger partial charge on any atom is -0.506 e. The molecule has 0 atom stereocenters. The van der Waals surface area contributed by atoms with Crippen molar-refractivity contribution in [2.75, 3.05) is 0 Å². The van der Waals surface area contributed by atoms with Gasteiger partial charge in [0.1, 0.15) is 5.75 Å². The summed E-state index contributed by atoms with van der Waals surface area (Å²) in [6, 6.07) is 5.45. The molecule has 1 aliphatic rings. The first-order chi connectivity index (χ1) is 7.84. The van der Waals surface area contributed by atoms with E-state index in [1.165, 1.54) is 25.7 Å². The van der Waals surface area contributed by atoms with E-state index in [1.807, 2.05) is 16.8 Å². The number of hydrogen-bond donors (Lipinski definition) is 1. The standard InChI is InChI=1S/C12H15N3O/c16-11-7-3-6-10-12(11)13-14-15(10)8-9-4-1-2-5-9/h3,6-7,9,16H,1-2,4-5,8H2. The second-order valence-electron chi connectivity index (χ2n) is 4.57. The molecule has 0 spiro atoms. The molecule has 1 N–H and O–H groups in total. The predicted octanol–water partition coefficient (Wildman–Crippen LogP) is 2.33. The average molecular weight is 217 g/mol. The molecule has 0 unspecified atom stereocenters. The van der Waals surface area contributed by atoms with E-state index in [0.717, 1.165) is 18.0 Å². The second kappa shape index (κ2) is 3.77. The minimum atomic E-state index is 0.218. The molecule has 1 saturated carbocycles. The van der Waals surface area contributed by atoms with Crippen LogP contribution in [0.2, 0.25) is 0 Å². The van der Waals surface area contributed by atoms with Gasteiger partial charge in [0.15, 0.2) is 5.52 Å². The number of phenolic OH excluding ortho intramolecular Hbond substituents is 1. The molecule has 2 aromatic rings. The van der Waals surface area contributed by atoms with E-state index < -0.39 is 0 Å². The monoisotopic (exact) mass is 217 g/mol. The van der Waals surface area contributed by atoms with E-state index in [-0.39, 0.29) is 5.75 Å². The Morgan fingerprint density at radius 1 is 1.31 bits per heavy atom. The molecule has 1 aromatic heterocycles. The summed E-state index contributed by atoms with van der Waals surface area (Å²) in [5.74, 6) is 0.947. The summed E-state index contributed by atoms with van der Waals surface area (Å²) in [5.41, 5.74) is 1.55. The first-order valence-electron chi connectivity index (χ1n) is 5.86. The van der Waals surface area contributed by atoms with E-state index >= 15 is 0 Å². The SMILES string of the molecule is Oc1cccc2c1nnn2CC1CCCC1. The van der Waals surface area contributed by atoms with Gasteiger partial charge >= 0.3 is 0 Å². The Morgan fingerprint density at radius 3 is 2.94 bits per heavy atom. The number of benzene rings is 1. The molecule has 1 aromatic carbocycles. The van der Waals surface area contributed by atoms with Gasteiger partial charge in [0.25, 0.3) is 0 Å². The van der Waals surface area contributed by atoms with E-state index in [1.54, 1.807) is 6.07 Å².